The van der Waals surface area contributed by atoms with Crippen LogP contribution in [0.4, 0.5) is 26.3 Å². The molecule has 0 bridgehead atoms. The van der Waals surface area contributed by atoms with Crippen molar-refractivity contribution in [3.8, 4) is 0 Å². The second-order valence-corrected chi connectivity index (χ2v) is 14.0. The van der Waals surface area contributed by atoms with Gasteiger partial charge in [-0.05, 0) is 85.9 Å². The molecule has 48 heavy (non-hydrogen) atoms. The van der Waals surface area contributed by atoms with Gasteiger partial charge in [0, 0.05) is 35.3 Å². The van der Waals surface area contributed by atoms with E-state index in [0.717, 1.165) is 10.3 Å². The molecule has 0 N–H and O–H groups in total. The summed E-state index contributed by atoms with van der Waals surface area (Å²) < 4.78 is 88.3. The molecule has 1 aliphatic rings. The maximum Gasteiger partial charge on any atom is 0.498 e. The van der Waals surface area contributed by atoms with E-state index in [2.05, 4.69) is 60.3 Å². The topological polar surface area (TPSA) is 86.7 Å². The highest BCUT2D eigenvalue weighted by molar-refractivity contribution is 9.10. The average Bonchev–Trinajstić information content (AvgIpc) is 3.53. The SMILES string of the molecule is C=C(B1OC(C)CC(C)(C)O1)C(F)(F)F.C=C(c1cccc2cc(C)sc12)C(F)(F)F.Cc1cc2cccc(Br)c2s1.O=C=O.O=C=O. The summed E-state index contributed by atoms with van der Waals surface area (Å²) >= 11 is 6.71. The van der Waals surface area contributed by atoms with Gasteiger partial charge >= 0.3 is 31.8 Å². The lowest BCUT2D eigenvalue weighted by Crippen LogP contribution is -2.48. The van der Waals surface area contributed by atoms with Crippen LogP contribution in [0.3, 0.4) is 0 Å². The van der Waals surface area contributed by atoms with Crippen LogP contribution in [0.25, 0.3) is 25.7 Å². The van der Waals surface area contributed by atoms with Gasteiger partial charge in [-0.25, -0.2) is 0 Å². The number of fused-ring (bicyclic) bond motifs is 2. The van der Waals surface area contributed by atoms with E-state index < -0.39 is 36.1 Å². The normalized spacial score (nSPS) is 15.1. The zero-order chi connectivity index (χ0) is 37.0. The van der Waals surface area contributed by atoms with Gasteiger partial charge in [0.15, 0.2) is 0 Å². The van der Waals surface area contributed by atoms with Crippen molar-refractivity contribution in [1.82, 2.24) is 0 Å². The largest absolute Gasteiger partial charge is 0.498 e. The lowest BCUT2D eigenvalue weighted by Gasteiger charge is -2.38. The minimum atomic E-state index is -4.47. The minimum absolute atomic E-state index is 0.183. The summed E-state index contributed by atoms with van der Waals surface area (Å²) in [7, 11) is -1.39. The van der Waals surface area contributed by atoms with Crippen LogP contribution in [0.15, 0.2) is 71.6 Å². The van der Waals surface area contributed by atoms with Gasteiger partial charge in [0.25, 0.3) is 0 Å². The molecule has 1 unspecified atom stereocenters. The Hall–Kier alpha value is -3.36. The minimum Gasteiger partial charge on any atom is -0.405 e. The molecule has 1 aliphatic heterocycles. The third-order valence-corrected chi connectivity index (χ3v) is 9.29. The predicted molar refractivity (Wildman–Crippen MR) is 177 cm³/mol. The molecule has 5 rings (SSSR count). The van der Waals surface area contributed by atoms with Gasteiger partial charge in [-0.3, -0.25) is 0 Å². The Balaban J connectivity index is 0.000000336. The van der Waals surface area contributed by atoms with Crippen molar-refractivity contribution < 1.29 is 54.8 Å². The first kappa shape index (κ1) is 42.7. The zero-order valence-corrected chi connectivity index (χ0v) is 29.5. The van der Waals surface area contributed by atoms with Gasteiger partial charge < -0.3 is 9.31 Å². The van der Waals surface area contributed by atoms with Crippen molar-refractivity contribution in [1.29, 1.82) is 0 Å². The zero-order valence-electron chi connectivity index (χ0n) is 26.3. The number of hydrogen-bond acceptors (Lipinski definition) is 8. The van der Waals surface area contributed by atoms with Crippen molar-refractivity contribution in [2.75, 3.05) is 0 Å². The van der Waals surface area contributed by atoms with Crippen LogP contribution in [0.1, 0.15) is 42.5 Å². The summed E-state index contributed by atoms with van der Waals surface area (Å²) in [5.41, 5.74) is -2.19. The first-order chi connectivity index (χ1) is 22.1. The van der Waals surface area contributed by atoms with Crippen LogP contribution in [0, 0.1) is 13.8 Å². The van der Waals surface area contributed by atoms with Gasteiger partial charge in [-0.15, -0.1) is 22.7 Å². The fourth-order valence-electron chi connectivity index (χ4n) is 4.34. The highest BCUT2D eigenvalue weighted by atomic mass is 79.9. The highest BCUT2D eigenvalue weighted by Gasteiger charge is 2.48. The lowest BCUT2D eigenvalue weighted by molar-refractivity contribution is -0.193. The van der Waals surface area contributed by atoms with E-state index in [1.807, 2.05) is 30.4 Å². The van der Waals surface area contributed by atoms with E-state index in [-0.39, 0.29) is 24.0 Å². The van der Waals surface area contributed by atoms with E-state index in [0.29, 0.717) is 11.1 Å². The van der Waals surface area contributed by atoms with E-state index in [4.69, 9.17) is 28.5 Å². The molecule has 0 spiro atoms. The number of carbonyl (C=O) groups excluding carboxylic acids is 4. The molecule has 2 aromatic carbocycles. The molecular weight excluding hydrogens is 749 g/mol. The van der Waals surface area contributed by atoms with Crippen molar-refractivity contribution in [3.63, 3.8) is 0 Å². The van der Waals surface area contributed by atoms with Crippen molar-refractivity contribution in [2.24, 2.45) is 0 Å². The number of halogens is 7. The molecule has 1 atom stereocenters. The van der Waals surface area contributed by atoms with Gasteiger partial charge in [0.1, 0.15) is 0 Å². The van der Waals surface area contributed by atoms with Crippen LogP contribution in [-0.4, -0.2) is 43.5 Å². The summed E-state index contributed by atoms with van der Waals surface area (Å²) in [6.45, 7) is 15.3. The van der Waals surface area contributed by atoms with Gasteiger partial charge in [-0.1, -0.05) is 43.5 Å². The van der Waals surface area contributed by atoms with Crippen molar-refractivity contribution in [3.05, 3.63) is 87.0 Å². The second kappa shape index (κ2) is 18.4. The Morgan fingerprint density at radius 1 is 0.875 bits per heavy atom. The molecule has 6 nitrogen and oxygen atoms in total. The molecule has 4 aromatic rings. The summed E-state index contributed by atoms with van der Waals surface area (Å²) in [5, 5.41) is 2.17. The fraction of sp³-hybridized carbons (Fsp3) is 0.312. The molecule has 0 radical (unpaired) electrons. The number of rotatable bonds is 2. The first-order valence-electron chi connectivity index (χ1n) is 13.6. The Morgan fingerprint density at radius 2 is 1.33 bits per heavy atom. The molecular formula is C32H30BBrF6O6S2. The Labute approximate surface area is 289 Å². The maximum atomic E-state index is 12.6. The fourth-order valence-corrected chi connectivity index (χ4v) is 6.94. The van der Waals surface area contributed by atoms with Crippen LogP contribution in [-0.2, 0) is 28.5 Å². The quantitative estimate of drug-likeness (QED) is 0.149. The third-order valence-electron chi connectivity index (χ3n) is 6.16. The highest BCUT2D eigenvalue weighted by Crippen LogP contribution is 2.39. The number of alkyl halides is 6. The molecule has 258 valence electrons. The molecule has 0 amide bonds. The van der Waals surface area contributed by atoms with Gasteiger partial charge in [-0.2, -0.15) is 45.5 Å². The molecule has 2 aromatic heterocycles. The molecule has 1 fully saturated rings. The third kappa shape index (κ3) is 13.3. The van der Waals surface area contributed by atoms with Crippen LogP contribution < -0.4 is 0 Å². The molecule has 0 saturated carbocycles. The van der Waals surface area contributed by atoms with Crippen LogP contribution in [0.2, 0.25) is 0 Å². The molecule has 0 aliphatic carbocycles. The summed E-state index contributed by atoms with van der Waals surface area (Å²) in [6, 6.07) is 15.3. The first-order valence-corrected chi connectivity index (χ1v) is 16.0. The van der Waals surface area contributed by atoms with Crippen LogP contribution in [0.5, 0.6) is 0 Å². The number of hydrogen-bond donors (Lipinski definition) is 0. The second-order valence-electron chi connectivity index (χ2n) is 10.6. The molecule has 1 saturated heterocycles. The monoisotopic (exact) mass is 778 g/mol. The average molecular weight is 779 g/mol. The summed E-state index contributed by atoms with van der Waals surface area (Å²) in [6.07, 6.45) is -8.05. The van der Waals surface area contributed by atoms with Crippen molar-refractivity contribution in [2.45, 2.75) is 65.1 Å². The molecule has 16 heteroatoms. The lowest BCUT2D eigenvalue weighted by atomic mass is 9.74. The Bertz CT molecular complexity index is 1760. The van der Waals surface area contributed by atoms with Gasteiger partial charge in [0.05, 0.1) is 16.6 Å². The summed E-state index contributed by atoms with van der Waals surface area (Å²) in [4.78, 5) is 34.9. The molecule has 3 heterocycles. The van der Waals surface area contributed by atoms with E-state index >= 15 is 0 Å². The number of aryl methyl sites for hydroxylation is 2. The van der Waals surface area contributed by atoms with E-state index in [9.17, 15) is 26.3 Å². The van der Waals surface area contributed by atoms with E-state index in [1.54, 1.807) is 26.8 Å². The van der Waals surface area contributed by atoms with Crippen LogP contribution >= 0.6 is 38.6 Å². The Morgan fingerprint density at radius 3 is 1.77 bits per heavy atom. The maximum absolute atomic E-state index is 12.6. The van der Waals surface area contributed by atoms with Gasteiger partial charge in [0.2, 0.25) is 0 Å². The number of thiophene rings is 2. The number of allylic oxidation sites excluding steroid dienone is 2. The van der Waals surface area contributed by atoms with E-state index in [1.165, 1.54) is 36.8 Å². The smallest absolute Gasteiger partial charge is 0.405 e. The predicted octanol–water partition coefficient (Wildman–Crippen LogP) is 10.3. The summed E-state index contributed by atoms with van der Waals surface area (Å²) in [5.74, 6) is 0. The van der Waals surface area contributed by atoms with Crippen molar-refractivity contribution >= 4 is 83.8 Å². The Kier molecular flexibility index (Phi) is 16.4. The standard InChI is InChI=1S/C12H9F3S.C9H14BF3O2.C9H7BrS.2CO2/c1-7-6-9-4-3-5-10(11(9)16-7)8(2)12(13,14)15;1-6-5-8(3,4)15-10(14-6)7(2)9(11,12)13;1-6-5-7-3-2-4-8(10)9(7)11-6;2*2-1-3/h3-6H,2H2,1H3;6H,2,5H2,1,3-4H3;2-5H,1H3;;. The number of benzene rings is 2.